The molecule has 0 bridgehead atoms. The fourth-order valence-corrected chi connectivity index (χ4v) is 4.54. The summed E-state index contributed by atoms with van der Waals surface area (Å²) in [7, 11) is 0. The average Bonchev–Trinajstić information content (AvgIpc) is 2.81. The van der Waals surface area contributed by atoms with Gasteiger partial charge in [0.1, 0.15) is 5.82 Å². The highest BCUT2D eigenvalue weighted by atomic mass is 79.9. The molecule has 0 aliphatic carbocycles. The second-order valence-electron chi connectivity index (χ2n) is 5.10. The Kier molecular flexibility index (Phi) is 4.15. The summed E-state index contributed by atoms with van der Waals surface area (Å²) >= 11 is 5.19. The fourth-order valence-electron chi connectivity index (χ4n) is 2.69. The Hall–Kier alpha value is -0.840. The predicted molar refractivity (Wildman–Crippen MR) is 85.7 cm³/mol. The van der Waals surface area contributed by atoms with E-state index in [4.69, 9.17) is 5.73 Å². The molecule has 0 saturated carbocycles. The molecule has 1 aliphatic rings. The van der Waals surface area contributed by atoms with Crippen LogP contribution in [0.15, 0.2) is 51.8 Å². The van der Waals surface area contributed by atoms with Gasteiger partial charge in [0.25, 0.3) is 0 Å². The van der Waals surface area contributed by atoms with E-state index in [-0.39, 0.29) is 11.9 Å². The van der Waals surface area contributed by atoms with E-state index < -0.39 is 0 Å². The van der Waals surface area contributed by atoms with Crippen LogP contribution in [0.4, 0.5) is 4.39 Å². The zero-order valence-corrected chi connectivity index (χ0v) is 13.3. The smallest absolute Gasteiger partial charge is 0.124 e. The van der Waals surface area contributed by atoms with Crippen LogP contribution in [-0.4, -0.2) is 11.8 Å². The van der Waals surface area contributed by atoms with Crippen molar-refractivity contribution in [2.75, 3.05) is 5.75 Å². The van der Waals surface area contributed by atoms with Crippen molar-refractivity contribution in [1.29, 1.82) is 0 Å². The monoisotopic (exact) mass is 351 g/mol. The van der Waals surface area contributed by atoms with E-state index in [0.29, 0.717) is 12.3 Å². The number of halogens is 2. The van der Waals surface area contributed by atoms with Crippen molar-refractivity contribution >= 4 is 27.7 Å². The molecule has 0 fully saturated rings. The van der Waals surface area contributed by atoms with E-state index in [1.807, 2.05) is 17.8 Å². The second kappa shape index (κ2) is 5.88. The molecular weight excluding hydrogens is 337 g/mol. The Morgan fingerprint density at radius 3 is 2.90 bits per heavy atom. The maximum Gasteiger partial charge on any atom is 0.124 e. The Balaban J connectivity index is 1.79. The van der Waals surface area contributed by atoms with Crippen molar-refractivity contribution in [3.63, 3.8) is 0 Å². The maximum absolute atomic E-state index is 13.4. The fraction of sp³-hybridized carbons (Fsp3) is 0.250. The molecule has 1 aliphatic heterocycles. The molecule has 0 saturated heterocycles. The van der Waals surface area contributed by atoms with Gasteiger partial charge >= 0.3 is 0 Å². The predicted octanol–water partition coefficient (Wildman–Crippen LogP) is 4.35. The Morgan fingerprint density at radius 2 is 2.10 bits per heavy atom. The van der Waals surface area contributed by atoms with Gasteiger partial charge < -0.3 is 5.73 Å². The number of fused-ring (bicyclic) bond motifs is 1. The number of thioether (sulfide) groups is 1. The second-order valence-corrected chi connectivity index (χ2v) is 7.08. The van der Waals surface area contributed by atoms with E-state index in [1.54, 1.807) is 6.07 Å². The normalized spacial score (nSPS) is 18.9. The summed E-state index contributed by atoms with van der Waals surface area (Å²) in [6, 6.07) is 13.4. The van der Waals surface area contributed by atoms with Crippen molar-refractivity contribution < 1.29 is 4.39 Å². The van der Waals surface area contributed by atoms with Crippen molar-refractivity contribution in [3.8, 4) is 0 Å². The van der Waals surface area contributed by atoms with Crippen LogP contribution in [0.5, 0.6) is 0 Å². The molecule has 0 radical (unpaired) electrons. The van der Waals surface area contributed by atoms with E-state index in [2.05, 4.69) is 40.2 Å². The van der Waals surface area contributed by atoms with Gasteiger partial charge in [-0.2, -0.15) is 0 Å². The molecule has 20 heavy (non-hydrogen) atoms. The standard InChI is InChI=1S/C16H15BrFNS/c17-11-5-10(6-12(18)8-11)7-15(19)14-9-20-16-4-2-1-3-13(14)16/h1-6,8,14-15H,7,9,19H2. The van der Waals surface area contributed by atoms with E-state index >= 15 is 0 Å². The van der Waals surface area contributed by atoms with Crippen molar-refractivity contribution in [2.45, 2.75) is 23.3 Å². The highest BCUT2D eigenvalue weighted by molar-refractivity contribution is 9.10. The largest absolute Gasteiger partial charge is 0.327 e. The Morgan fingerprint density at radius 1 is 1.30 bits per heavy atom. The van der Waals surface area contributed by atoms with Crippen LogP contribution in [0.25, 0.3) is 0 Å². The van der Waals surface area contributed by atoms with Gasteiger partial charge in [-0.1, -0.05) is 34.1 Å². The van der Waals surface area contributed by atoms with Crippen LogP contribution in [0.2, 0.25) is 0 Å². The lowest BCUT2D eigenvalue weighted by molar-refractivity contribution is 0.567. The quantitative estimate of drug-likeness (QED) is 0.889. The van der Waals surface area contributed by atoms with Gasteiger partial charge in [-0.3, -0.25) is 0 Å². The highest BCUT2D eigenvalue weighted by Gasteiger charge is 2.28. The Bertz CT molecular complexity index is 611. The highest BCUT2D eigenvalue weighted by Crippen LogP contribution is 2.41. The van der Waals surface area contributed by atoms with Gasteiger partial charge in [0.2, 0.25) is 0 Å². The topological polar surface area (TPSA) is 26.0 Å². The molecule has 0 aromatic heterocycles. The molecule has 2 aromatic rings. The summed E-state index contributed by atoms with van der Waals surface area (Å²) in [5.74, 6) is 1.14. The lowest BCUT2D eigenvalue weighted by Gasteiger charge is -2.20. The van der Waals surface area contributed by atoms with Gasteiger partial charge in [-0.25, -0.2) is 4.39 Å². The van der Waals surface area contributed by atoms with E-state index in [9.17, 15) is 4.39 Å². The number of hydrogen-bond donors (Lipinski definition) is 1. The van der Waals surface area contributed by atoms with Gasteiger partial charge in [0.15, 0.2) is 0 Å². The average molecular weight is 352 g/mol. The van der Waals surface area contributed by atoms with Crippen molar-refractivity contribution in [1.82, 2.24) is 0 Å². The van der Waals surface area contributed by atoms with Crippen molar-refractivity contribution in [3.05, 3.63) is 63.9 Å². The first-order valence-corrected chi connectivity index (χ1v) is 8.33. The molecule has 4 heteroatoms. The summed E-state index contributed by atoms with van der Waals surface area (Å²) < 4.78 is 14.2. The van der Waals surface area contributed by atoms with Gasteiger partial charge in [-0.15, -0.1) is 11.8 Å². The van der Waals surface area contributed by atoms with Gasteiger partial charge in [0, 0.05) is 27.1 Å². The molecule has 2 N–H and O–H groups in total. The molecule has 1 nitrogen and oxygen atoms in total. The lowest BCUT2D eigenvalue weighted by Crippen LogP contribution is -2.30. The first-order chi connectivity index (χ1) is 9.63. The molecule has 2 unspecified atom stereocenters. The summed E-state index contributed by atoms with van der Waals surface area (Å²) in [6.07, 6.45) is 0.690. The third-order valence-corrected chi connectivity index (χ3v) is 5.31. The first kappa shape index (κ1) is 14.1. The molecule has 0 spiro atoms. The third kappa shape index (κ3) is 2.92. The van der Waals surface area contributed by atoms with Crippen LogP contribution < -0.4 is 5.73 Å². The molecule has 104 valence electrons. The minimum atomic E-state index is -0.220. The van der Waals surface area contributed by atoms with Crippen molar-refractivity contribution in [2.24, 2.45) is 5.73 Å². The van der Waals surface area contributed by atoms with E-state index in [1.165, 1.54) is 16.5 Å². The summed E-state index contributed by atoms with van der Waals surface area (Å²) in [4.78, 5) is 1.33. The molecule has 0 amide bonds. The molecular formula is C16H15BrFNS. The molecule has 1 heterocycles. The van der Waals surface area contributed by atoms with Gasteiger partial charge in [-0.05, 0) is 41.8 Å². The minimum Gasteiger partial charge on any atom is -0.327 e. The van der Waals surface area contributed by atoms with Crippen LogP contribution in [0.3, 0.4) is 0 Å². The SMILES string of the molecule is NC(Cc1cc(F)cc(Br)c1)C1CSc2ccccc21. The minimum absolute atomic E-state index is 0.0137. The number of benzene rings is 2. The van der Waals surface area contributed by atoms with Crippen LogP contribution in [0, 0.1) is 5.82 Å². The summed E-state index contributed by atoms with van der Waals surface area (Å²) in [5.41, 5.74) is 8.65. The zero-order valence-electron chi connectivity index (χ0n) is 10.9. The third-order valence-electron chi connectivity index (χ3n) is 3.65. The number of nitrogens with two attached hydrogens (primary N) is 1. The van der Waals surface area contributed by atoms with E-state index in [0.717, 1.165) is 15.8 Å². The Labute approximate surface area is 130 Å². The van der Waals surface area contributed by atoms with Crippen LogP contribution in [0.1, 0.15) is 17.0 Å². The van der Waals surface area contributed by atoms with Crippen LogP contribution in [-0.2, 0) is 6.42 Å². The molecule has 3 rings (SSSR count). The summed E-state index contributed by atoms with van der Waals surface area (Å²) in [5, 5.41) is 0. The lowest BCUT2D eigenvalue weighted by atomic mass is 9.90. The van der Waals surface area contributed by atoms with Gasteiger partial charge in [0.05, 0.1) is 0 Å². The summed E-state index contributed by atoms with van der Waals surface area (Å²) in [6.45, 7) is 0. The van der Waals surface area contributed by atoms with Crippen LogP contribution >= 0.6 is 27.7 Å². The maximum atomic E-state index is 13.4. The molecule has 2 atom stereocenters. The zero-order chi connectivity index (χ0) is 14.1. The first-order valence-electron chi connectivity index (χ1n) is 6.56. The number of rotatable bonds is 3. The number of hydrogen-bond acceptors (Lipinski definition) is 2. The molecule has 2 aromatic carbocycles.